The molecule has 9 nitrogen and oxygen atoms in total. The Morgan fingerprint density at radius 3 is 2.47 bits per heavy atom. The predicted octanol–water partition coefficient (Wildman–Crippen LogP) is 4.24. The number of rotatable bonds is 7. The zero-order valence-electron chi connectivity index (χ0n) is 16.7. The number of nitrogens with one attached hydrogen (secondary N) is 1. The van der Waals surface area contributed by atoms with Crippen LogP contribution in [0, 0.1) is 10.1 Å². The van der Waals surface area contributed by atoms with E-state index < -0.39 is 16.8 Å². The fourth-order valence-corrected chi connectivity index (χ4v) is 2.78. The standard InChI is InChI=1S/C22H16ClN3O6/c1-31-18-8-6-15(7-9-18)22(28)32-20-10-5-14(11-19(20)23)13-24-25-21(27)16-3-2-4-17(12-16)26(29)30/h2-13H,1H3,(H,25,27)/b24-13-. The van der Waals surface area contributed by atoms with Gasteiger partial charge in [-0.3, -0.25) is 14.9 Å². The first-order valence-electron chi connectivity index (χ1n) is 9.11. The number of benzene rings is 3. The highest BCUT2D eigenvalue weighted by Gasteiger charge is 2.12. The molecule has 0 unspecified atom stereocenters. The summed E-state index contributed by atoms with van der Waals surface area (Å²) in [6.07, 6.45) is 1.33. The highest BCUT2D eigenvalue weighted by molar-refractivity contribution is 6.32. The van der Waals surface area contributed by atoms with Crippen molar-refractivity contribution in [2.45, 2.75) is 0 Å². The molecule has 0 aliphatic rings. The van der Waals surface area contributed by atoms with Crippen LogP contribution in [0.25, 0.3) is 0 Å². The van der Waals surface area contributed by atoms with Crippen LogP contribution in [0.4, 0.5) is 5.69 Å². The van der Waals surface area contributed by atoms with Crippen molar-refractivity contribution in [2.24, 2.45) is 5.10 Å². The number of ether oxygens (including phenoxy) is 2. The summed E-state index contributed by atoms with van der Waals surface area (Å²) >= 11 is 6.18. The maximum absolute atomic E-state index is 12.3. The minimum Gasteiger partial charge on any atom is -0.497 e. The first-order chi connectivity index (χ1) is 15.4. The van der Waals surface area contributed by atoms with Crippen molar-refractivity contribution in [1.82, 2.24) is 5.43 Å². The molecule has 0 aliphatic carbocycles. The molecule has 0 atom stereocenters. The molecule has 10 heteroatoms. The Kier molecular flexibility index (Phi) is 7.14. The molecule has 0 aliphatic heterocycles. The zero-order valence-corrected chi connectivity index (χ0v) is 17.4. The quantitative estimate of drug-likeness (QED) is 0.188. The Balaban J connectivity index is 1.62. The van der Waals surface area contributed by atoms with E-state index in [-0.39, 0.29) is 22.0 Å². The fourth-order valence-electron chi connectivity index (χ4n) is 2.56. The lowest BCUT2D eigenvalue weighted by Gasteiger charge is -2.07. The second kappa shape index (κ2) is 10.2. The van der Waals surface area contributed by atoms with Gasteiger partial charge in [-0.1, -0.05) is 17.7 Å². The van der Waals surface area contributed by atoms with Crippen molar-refractivity contribution in [2.75, 3.05) is 7.11 Å². The molecule has 3 aromatic carbocycles. The number of non-ortho nitro benzene ring substituents is 1. The van der Waals surface area contributed by atoms with E-state index in [2.05, 4.69) is 10.5 Å². The molecule has 0 fully saturated rings. The van der Waals surface area contributed by atoms with Crippen LogP contribution in [0.1, 0.15) is 26.3 Å². The van der Waals surface area contributed by atoms with Gasteiger partial charge in [0, 0.05) is 17.7 Å². The molecule has 0 heterocycles. The van der Waals surface area contributed by atoms with Gasteiger partial charge in [-0.25, -0.2) is 10.2 Å². The lowest BCUT2D eigenvalue weighted by atomic mass is 10.2. The first-order valence-corrected chi connectivity index (χ1v) is 9.49. The Morgan fingerprint density at radius 2 is 1.81 bits per heavy atom. The smallest absolute Gasteiger partial charge is 0.343 e. The van der Waals surface area contributed by atoms with Gasteiger partial charge in [0.1, 0.15) is 11.5 Å². The zero-order chi connectivity index (χ0) is 23.1. The molecule has 1 N–H and O–H groups in total. The number of nitrogens with zero attached hydrogens (tertiary/aromatic N) is 2. The van der Waals surface area contributed by atoms with Crippen molar-refractivity contribution < 1.29 is 24.0 Å². The van der Waals surface area contributed by atoms with E-state index in [1.165, 1.54) is 43.7 Å². The average Bonchev–Trinajstić information content (AvgIpc) is 2.80. The highest BCUT2D eigenvalue weighted by atomic mass is 35.5. The Hall–Kier alpha value is -4.24. The number of esters is 1. The third-order valence-electron chi connectivity index (χ3n) is 4.18. The van der Waals surface area contributed by atoms with Gasteiger partial charge in [0.15, 0.2) is 0 Å². The van der Waals surface area contributed by atoms with E-state index in [0.29, 0.717) is 16.9 Å². The number of carbonyl (C=O) groups excluding carboxylic acids is 2. The number of amides is 1. The third-order valence-corrected chi connectivity index (χ3v) is 4.48. The fraction of sp³-hybridized carbons (Fsp3) is 0.0455. The van der Waals surface area contributed by atoms with Crippen LogP contribution in [0.5, 0.6) is 11.5 Å². The molecular weight excluding hydrogens is 438 g/mol. The van der Waals surface area contributed by atoms with Crippen molar-refractivity contribution >= 4 is 35.4 Å². The van der Waals surface area contributed by atoms with Crippen LogP contribution < -0.4 is 14.9 Å². The summed E-state index contributed by atoms with van der Waals surface area (Å²) in [5, 5.41) is 14.8. The molecule has 162 valence electrons. The number of hydrogen-bond donors (Lipinski definition) is 1. The van der Waals surface area contributed by atoms with Crippen LogP contribution in [-0.4, -0.2) is 30.1 Å². The maximum atomic E-state index is 12.3. The van der Waals surface area contributed by atoms with Gasteiger partial charge >= 0.3 is 5.97 Å². The van der Waals surface area contributed by atoms with Gasteiger partial charge in [0.25, 0.3) is 11.6 Å². The van der Waals surface area contributed by atoms with Gasteiger partial charge in [-0.05, 0) is 54.1 Å². The average molecular weight is 454 g/mol. The van der Waals surface area contributed by atoms with Crippen LogP contribution in [0.3, 0.4) is 0 Å². The topological polar surface area (TPSA) is 120 Å². The predicted molar refractivity (Wildman–Crippen MR) is 118 cm³/mol. The van der Waals surface area contributed by atoms with Gasteiger partial charge in [0.05, 0.1) is 28.8 Å². The van der Waals surface area contributed by atoms with E-state index in [1.54, 1.807) is 30.3 Å². The molecule has 3 aromatic rings. The number of hydrazone groups is 1. The maximum Gasteiger partial charge on any atom is 0.343 e. The summed E-state index contributed by atoms with van der Waals surface area (Å²) < 4.78 is 10.4. The molecule has 0 bridgehead atoms. The van der Waals surface area contributed by atoms with E-state index >= 15 is 0 Å². The minimum absolute atomic E-state index is 0.0928. The second-order valence-corrected chi connectivity index (χ2v) is 6.72. The molecule has 0 saturated carbocycles. The second-order valence-electron chi connectivity index (χ2n) is 6.31. The Labute approximate surface area is 187 Å². The first kappa shape index (κ1) is 22.4. The summed E-state index contributed by atoms with van der Waals surface area (Å²) in [7, 11) is 1.52. The van der Waals surface area contributed by atoms with Gasteiger partial charge < -0.3 is 9.47 Å². The van der Waals surface area contributed by atoms with E-state index in [9.17, 15) is 19.7 Å². The molecule has 32 heavy (non-hydrogen) atoms. The molecule has 0 aromatic heterocycles. The van der Waals surface area contributed by atoms with Crippen molar-refractivity contribution in [3.63, 3.8) is 0 Å². The van der Waals surface area contributed by atoms with E-state index in [4.69, 9.17) is 21.1 Å². The van der Waals surface area contributed by atoms with Crippen molar-refractivity contribution in [1.29, 1.82) is 0 Å². The van der Waals surface area contributed by atoms with Gasteiger partial charge in [0.2, 0.25) is 0 Å². The number of hydrogen-bond acceptors (Lipinski definition) is 7. The lowest BCUT2D eigenvalue weighted by molar-refractivity contribution is -0.384. The highest BCUT2D eigenvalue weighted by Crippen LogP contribution is 2.26. The van der Waals surface area contributed by atoms with Gasteiger partial charge in [-0.2, -0.15) is 5.10 Å². The SMILES string of the molecule is COc1ccc(C(=O)Oc2ccc(/C=N\NC(=O)c3cccc([N+](=O)[O-])c3)cc2Cl)cc1. The summed E-state index contributed by atoms with van der Waals surface area (Å²) in [5.41, 5.74) is 3.03. The summed E-state index contributed by atoms with van der Waals surface area (Å²) in [5.74, 6) is -0.424. The summed E-state index contributed by atoms with van der Waals surface area (Å²) in [4.78, 5) is 34.6. The van der Waals surface area contributed by atoms with Crippen LogP contribution in [0.15, 0.2) is 71.8 Å². The monoisotopic (exact) mass is 453 g/mol. The third kappa shape index (κ3) is 5.67. The Bertz CT molecular complexity index is 1190. The van der Waals surface area contributed by atoms with E-state index in [1.807, 2.05) is 0 Å². The van der Waals surface area contributed by atoms with Crippen LogP contribution in [-0.2, 0) is 0 Å². The molecule has 0 spiro atoms. The number of nitro benzene ring substituents is 1. The van der Waals surface area contributed by atoms with E-state index in [0.717, 1.165) is 6.07 Å². The molecule has 1 amide bonds. The van der Waals surface area contributed by atoms with Gasteiger partial charge in [-0.15, -0.1) is 0 Å². The molecule has 0 saturated heterocycles. The number of halogens is 1. The lowest BCUT2D eigenvalue weighted by Crippen LogP contribution is -2.17. The number of carbonyl (C=O) groups is 2. The summed E-state index contributed by atoms with van der Waals surface area (Å²) in [6.45, 7) is 0. The normalized spacial score (nSPS) is 10.6. The van der Waals surface area contributed by atoms with Crippen LogP contribution >= 0.6 is 11.6 Å². The van der Waals surface area contributed by atoms with Crippen molar-refractivity contribution in [3.05, 3.63) is 98.6 Å². The van der Waals surface area contributed by atoms with Crippen LogP contribution in [0.2, 0.25) is 5.02 Å². The van der Waals surface area contributed by atoms with Crippen molar-refractivity contribution in [3.8, 4) is 11.5 Å². The molecular formula is C22H16ClN3O6. The molecule has 3 rings (SSSR count). The Morgan fingerprint density at radius 1 is 1.06 bits per heavy atom. The number of nitro groups is 1. The number of methoxy groups -OCH3 is 1. The molecule has 0 radical (unpaired) electrons. The largest absolute Gasteiger partial charge is 0.497 e. The summed E-state index contributed by atoms with van der Waals surface area (Å²) in [6, 6.07) is 16.3. The minimum atomic E-state index is -0.610.